The van der Waals surface area contributed by atoms with Crippen molar-refractivity contribution in [3.8, 4) is 6.07 Å². The largest absolute Gasteiger partial charge is 0.468 e. The van der Waals surface area contributed by atoms with E-state index in [9.17, 15) is 4.79 Å². The molecule has 0 bridgehead atoms. The molecule has 1 aliphatic heterocycles. The van der Waals surface area contributed by atoms with E-state index < -0.39 is 0 Å². The molecule has 0 N–H and O–H groups in total. The molecule has 0 aromatic heterocycles. The molecule has 2 fully saturated rings. The topological polar surface area (TPSA) is 53.3 Å². The highest BCUT2D eigenvalue weighted by Gasteiger charge is 2.45. The average Bonchev–Trinajstić information content (AvgIpc) is 2.74. The third kappa shape index (κ3) is 2.44. The van der Waals surface area contributed by atoms with Crippen molar-refractivity contribution in [1.29, 1.82) is 5.26 Å². The van der Waals surface area contributed by atoms with Gasteiger partial charge in [0.25, 0.3) is 0 Å². The van der Waals surface area contributed by atoms with E-state index in [-0.39, 0.29) is 12.0 Å². The zero-order valence-corrected chi connectivity index (χ0v) is 10.4. The lowest BCUT2D eigenvalue weighted by atomic mass is 9.85. The molecular weight excluding hydrogens is 216 g/mol. The van der Waals surface area contributed by atoms with Gasteiger partial charge in [0, 0.05) is 19.0 Å². The highest BCUT2D eigenvalue weighted by atomic mass is 16.5. The number of carbonyl (C=O) groups excluding carboxylic acids is 1. The van der Waals surface area contributed by atoms with Crippen LogP contribution in [-0.2, 0) is 9.53 Å². The Labute approximate surface area is 103 Å². The van der Waals surface area contributed by atoms with Crippen LogP contribution >= 0.6 is 0 Å². The lowest BCUT2D eigenvalue weighted by Gasteiger charge is -2.32. The number of carbonyl (C=O) groups is 1. The molecule has 4 nitrogen and oxygen atoms in total. The number of likely N-dealkylation sites (tertiary alicyclic amines) is 1. The molecule has 0 aromatic carbocycles. The average molecular weight is 236 g/mol. The number of hydrogen-bond donors (Lipinski definition) is 0. The van der Waals surface area contributed by atoms with Gasteiger partial charge in [-0.3, -0.25) is 9.69 Å². The van der Waals surface area contributed by atoms with Gasteiger partial charge in [0.1, 0.15) is 6.04 Å². The van der Waals surface area contributed by atoms with Crippen LogP contribution in [0.15, 0.2) is 0 Å². The van der Waals surface area contributed by atoms with Crippen LogP contribution in [0.1, 0.15) is 38.5 Å². The summed E-state index contributed by atoms with van der Waals surface area (Å²) in [6.07, 6.45) is 6.34. The number of esters is 1. The van der Waals surface area contributed by atoms with E-state index in [1.165, 1.54) is 32.8 Å². The predicted octanol–water partition coefficient (Wildman–Crippen LogP) is 1.71. The summed E-state index contributed by atoms with van der Waals surface area (Å²) in [6.45, 7) is 0.706. The first-order valence-electron chi connectivity index (χ1n) is 6.48. The number of methoxy groups -OCH3 is 1. The number of hydrogen-bond acceptors (Lipinski definition) is 4. The fourth-order valence-electron chi connectivity index (χ4n) is 3.42. The number of fused-ring (bicyclic) bond motifs is 1. The van der Waals surface area contributed by atoms with Crippen LogP contribution in [0, 0.1) is 17.2 Å². The van der Waals surface area contributed by atoms with Gasteiger partial charge in [-0.2, -0.15) is 5.26 Å². The monoisotopic (exact) mass is 236 g/mol. The molecule has 0 unspecified atom stereocenters. The third-order valence-corrected chi connectivity index (χ3v) is 4.18. The van der Waals surface area contributed by atoms with E-state index in [0.717, 1.165) is 6.42 Å². The molecule has 1 heterocycles. The van der Waals surface area contributed by atoms with Crippen LogP contribution in [0.2, 0.25) is 0 Å². The molecule has 94 valence electrons. The summed E-state index contributed by atoms with van der Waals surface area (Å²) in [7, 11) is 1.45. The second kappa shape index (κ2) is 5.50. The fourth-order valence-corrected chi connectivity index (χ4v) is 3.42. The molecule has 2 rings (SSSR count). The Bertz CT molecular complexity index is 324. The smallest absolute Gasteiger partial charge is 0.323 e. The maximum atomic E-state index is 11.8. The second-order valence-corrected chi connectivity index (χ2v) is 5.03. The lowest BCUT2D eigenvalue weighted by Crippen LogP contribution is -2.43. The first kappa shape index (κ1) is 12.4. The molecule has 0 radical (unpaired) electrons. The third-order valence-electron chi connectivity index (χ3n) is 4.18. The Morgan fingerprint density at radius 1 is 1.47 bits per heavy atom. The SMILES string of the molecule is COC(=O)[C@@H]1C[C@@H]2CCCC[C@H]2N1CCC#N. The van der Waals surface area contributed by atoms with Crippen LogP contribution in [-0.4, -0.2) is 36.6 Å². The summed E-state index contributed by atoms with van der Waals surface area (Å²) in [5.74, 6) is 0.504. The molecular formula is C13H20N2O2. The Morgan fingerprint density at radius 3 is 2.94 bits per heavy atom. The first-order valence-corrected chi connectivity index (χ1v) is 6.48. The van der Waals surface area contributed by atoms with E-state index in [0.29, 0.717) is 24.9 Å². The number of ether oxygens (including phenoxy) is 1. The van der Waals surface area contributed by atoms with Gasteiger partial charge in [-0.25, -0.2) is 0 Å². The van der Waals surface area contributed by atoms with Gasteiger partial charge in [-0.05, 0) is 25.2 Å². The molecule has 0 aromatic rings. The van der Waals surface area contributed by atoms with Crippen LogP contribution in [0.25, 0.3) is 0 Å². The van der Waals surface area contributed by atoms with Crippen molar-refractivity contribution < 1.29 is 9.53 Å². The molecule has 17 heavy (non-hydrogen) atoms. The molecule has 1 saturated heterocycles. The van der Waals surface area contributed by atoms with E-state index in [2.05, 4.69) is 11.0 Å². The van der Waals surface area contributed by atoms with Gasteiger partial charge < -0.3 is 4.74 Å². The normalized spacial score (nSPS) is 32.8. The minimum Gasteiger partial charge on any atom is -0.468 e. The Morgan fingerprint density at radius 2 is 2.24 bits per heavy atom. The minimum absolute atomic E-state index is 0.110. The molecule has 3 atom stereocenters. The quantitative estimate of drug-likeness (QED) is 0.700. The van der Waals surface area contributed by atoms with Gasteiger partial charge in [0.05, 0.1) is 13.2 Å². The number of rotatable bonds is 3. The fraction of sp³-hybridized carbons (Fsp3) is 0.846. The van der Waals surface area contributed by atoms with Crippen molar-refractivity contribution >= 4 is 5.97 Å². The minimum atomic E-state index is -0.127. The van der Waals surface area contributed by atoms with E-state index in [1.54, 1.807) is 0 Å². The highest BCUT2D eigenvalue weighted by Crippen LogP contribution is 2.39. The molecule has 0 spiro atoms. The highest BCUT2D eigenvalue weighted by molar-refractivity contribution is 5.76. The first-order chi connectivity index (χ1) is 8.27. The summed E-state index contributed by atoms with van der Waals surface area (Å²) in [5, 5.41) is 8.71. The van der Waals surface area contributed by atoms with E-state index in [1.807, 2.05) is 0 Å². The van der Waals surface area contributed by atoms with Crippen molar-refractivity contribution in [3.63, 3.8) is 0 Å². The summed E-state index contributed by atoms with van der Waals surface area (Å²) >= 11 is 0. The molecule has 0 amide bonds. The Kier molecular flexibility index (Phi) is 4.01. The van der Waals surface area contributed by atoms with Crippen LogP contribution < -0.4 is 0 Å². The number of nitriles is 1. The van der Waals surface area contributed by atoms with Gasteiger partial charge >= 0.3 is 5.97 Å². The van der Waals surface area contributed by atoms with E-state index >= 15 is 0 Å². The maximum Gasteiger partial charge on any atom is 0.323 e. The van der Waals surface area contributed by atoms with Crippen molar-refractivity contribution in [1.82, 2.24) is 4.90 Å². The maximum absolute atomic E-state index is 11.8. The van der Waals surface area contributed by atoms with Crippen molar-refractivity contribution in [3.05, 3.63) is 0 Å². The Balaban J connectivity index is 2.09. The van der Waals surface area contributed by atoms with Crippen molar-refractivity contribution in [2.45, 2.75) is 50.6 Å². The van der Waals surface area contributed by atoms with Gasteiger partial charge in [0.2, 0.25) is 0 Å². The molecule has 4 heteroatoms. The lowest BCUT2D eigenvalue weighted by molar-refractivity contribution is -0.146. The molecule has 2 aliphatic rings. The number of nitrogens with zero attached hydrogens (tertiary/aromatic N) is 2. The van der Waals surface area contributed by atoms with E-state index in [4.69, 9.17) is 10.00 Å². The molecule has 1 aliphatic carbocycles. The zero-order valence-electron chi connectivity index (χ0n) is 10.4. The Hall–Kier alpha value is -1.08. The predicted molar refractivity (Wildman–Crippen MR) is 63.1 cm³/mol. The summed E-state index contributed by atoms with van der Waals surface area (Å²) in [5.41, 5.74) is 0. The summed E-state index contributed by atoms with van der Waals surface area (Å²) in [6, 6.07) is 2.57. The van der Waals surface area contributed by atoms with Gasteiger partial charge in [-0.1, -0.05) is 12.8 Å². The standard InChI is InChI=1S/C13H20N2O2/c1-17-13(16)12-9-10-5-2-3-6-11(10)15(12)8-4-7-14/h10-12H,2-6,8-9H2,1H3/t10-,11+,12-/m0/s1. The summed E-state index contributed by atoms with van der Waals surface area (Å²) in [4.78, 5) is 14.0. The van der Waals surface area contributed by atoms with Gasteiger partial charge in [0.15, 0.2) is 0 Å². The van der Waals surface area contributed by atoms with Crippen molar-refractivity contribution in [2.75, 3.05) is 13.7 Å². The van der Waals surface area contributed by atoms with Crippen LogP contribution in [0.4, 0.5) is 0 Å². The molecule has 1 saturated carbocycles. The van der Waals surface area contributed by atoms with Crippen LogP contribution in [0.3, 0.4) is 0 Å². The zero-order chi connectivity index (χ0) is 12.3. The van der Waals surface area contributed by atoms with Crippen molar-refractivity contribution in [2.24, 2.45) is 5.92 Å². The van der Waals surface area contributed by atoms with Crippen LogP contribution in [0.5, 0.6) is 0 Å². The second-order valence-electron chi connectivity index (χ2n) is 5.03. The van der Waals surface area contributed by atoms with Gasteiger partial charge in [-0.15, -0.1) is 0 Å². The summed E-state index contributed by atoms with van der Waals surface area (Å²) < 4.78 is 4.89.